The fraction of sp³-hybridized carbons (Fsp3) is 0.385. The van der Waals surface area contributed by atoms with Crippen LogP contribution in [0.25, 0.3) is 0 Å². The Bertz CT molecular complexity index is 394. The molecular weight excluding hydrogens is 172 g/mol. The number of aryl methyl sites for hydroxylation is 1. The van der Waals surface area contributed by atoms with E-state index in [-0.39, 0.29) is 5.41 Å². The first-order valence-corrected chi connectivity index (χ1v) is 4.85. The van der Waals surface area contributed by atoms with Crippen molar-refractivity contribution in [2.45, 2.75) is 25.2 Å². The second kappa shape index (κ2) is 3.06. The Morgan fingerprint density at radius 1 is 1.43 bits per heavy atom. The molecule has 2 rings (SSSR count). The number of rotatable bonds is 2. The molecule has 0 aromatic heterocycles. The van der Waals surface area contributed by atoms with E-state index >= 15 is 0 Å². The second-order valence-corrected chi connectivity index (χ2v) is 3.88. The average molecular weight is 186 g/mol. The molecule has 0 saturated heterocycles. The minimum atomic E-state index is -0.0311. The van der Waals surface area contributed by atoms with Gasteiger partial charge in [0.25, 0.3) is 0 Å². The Balaban J connectivity index is 2.57. The maximum atomic E-state index is 5.59. The molecule has 0 unspecified atom stereocenters. The molecule has 0 radical (unpaired) electrons. The molecule has 1 aromatic rings. The molecule has 0 amide bonds. The van der Waals surface area contributed by atoms with E-state index in [0.717, 1.165) is 18.6 Å². The Morgan fingerprint density at radius 3 is 2.64 bits per heavy atom. The number of hydrogen-bond acceptors (Lipinski definition) is 1. The van der Waals surface area contributed by atoms with Gasteiger partial charge in [0.2, 0.25) is 0 Å². The van der Waals surface area contributed by atoms with Crippen molar-refractivity contribution in [2.24, 2.45) is 0 Å². The minimum absolute atomic E-state index is 0.0311. The van der Waals surface area contributed by atoms with Gasteiger partial charge < -0.3 is 4.74 Å². The standard InChI is InChI=1S/C13H14O/c1-4-13(8-9-13)12-10(2)6-5-7-11(12)14-3/h1,5-7H,8-9H2,2-3H3. The summed E-state index contributed by atoms with van der Waals surface area (Å²) in [5.41, 5.74) is 2.42. The molecule has 0 bridgehead atoms. The maximum Gasteiger partial charge on any atom is 0.123 e. The highest BCUT2D eigenvalue weighted by Gasteiger charge is 2.45. The van der Waals surface area contributed by atoms with Gasteiger partial charge in [0.15, 0.2) is 0 Å². The lowest BCUT2D eigenvalue weighted by Gasteiger charge is -2.16. The third-order valence-corrected chi connectivity index (χ3v) is 2.96. The summed E-state index contributed by atoms with van der Waals surface area (Å²) in [5.74, 6) is 3.84. The Morgan fingerprint density at radius 2 is 2.14 bits per heavy atom. The van der Waals surface area contributed by atoms with Crippen LogP contribution in [0.3, 0.4) is 0 Å². The molecule has 1 heteroatoms. The van der Waals surface area contributed by atoms with E-state index in [0.29, 0.717) is 0 Å². The maximum absolute atomic E-state index is 5.59. The van der Waals surface area contributed by atoms with E-state index in [1.54, 1.807) is 7.11 Å². The highest BCUT2D eigenvalue weighted by Crippen LogP contribution is 2.51. The van der Waals surface area contributed by atoms with Gasteiger partial charge in [-0.15, -0.1) is 6.42 Å². The van der Waals surface area contributed by atoms with Crippen molar-refractivity contribution in [3.8, 4) is 18.1 Å². The first kappa shape index (κ1) is 9.15. The zero-order chi connectivity index (χ0) is 10.2. The van der Waals surface area contributed by atoms with Crippen LogP contribution in [-0.2, 0) is 5.41 Å². The number of hydrogen-bond donors (Lipinski definition) is 0. The van der Waals surface area contributed by atoms with E-state index in [9.17, 15) is 0 Å². The third kappa shape index (κ3) is 1.19. The van der Waals surface area contributed by atoms with E-state index in [1.807, 2.05) is 12.1 Å². The molecule has 1 nitrogen and oxygen atoms in total. The molecule has 0 heterocycles. The molecule has 0 atom stereocenters. The van der Waals surface area contributed by atoms with E-state index in [1.165, 1.54) is 11.1 Å². The van der Waals surface area contributed by atoms with Crippen LogP contribution in [0.2, 0.25) is 0 Å². The van der Waals surface area contributed by atoms with Crippen LogP contribution in [0.5, 0.6) is 5.75 Å². The van der Waals surface area contributed by atoms with Gasteiger partial charge in [-0.3, -0.25) is 0 Å². The lowest BCUT2D eigenvalue weighted by Crippen LogP contribution is -2.07. The first-order chi connectivity index (χ1) is 6.73. The average Bonchev–Trinajstić information content (AvgIpc) is 2.98. The lowest BCUT2D eigenvalue weighted by molar-refractivity contribution is 0.407. The van der Waals surface area contributed by atoms with Crippen molar-refractivity contribution in [1.82, 2.24) is 0 Å². The fourth-order valence-corrected chi connectivity index (χ4v) is 2.02. The lowest BCUT2D eigenvalue weighted by atomic mass is 9.92. The highest BCUT2D eigenvalue weighted by molar-refractivity contribution is 5.53. The number of terminal acetylenes is 1. The number of benzene rings is 1. The fourth-order valence-electron chi connectivity index (χ4n) is 2.02. The summed E-state index contributed by atoms with van der Waals surface area (Å²) in [6.07, 6.45) is 7.76. The molecule has 1 saturated carbocycles. The minimum Gasteiger partial charge on any atom is -0.496 e. The summed E-state index contributed by atoms with van der Waals surface area (Å²) in [6.45, 7) is 2.09. The summed E-state index contributed by atoms with van der Waals surface area (Å²) in [6, 6.07) is 6.08. The van der Waals surface area contributed by atoms with Gasteiger partial charge in [0.05, 0.1) is 12.5 Å². The molecule has 72 valence electrons. The molecule has 0 spiro atoms. The molecule has 1 fully saturated rings. The molecule has 14 heavy (non-hydrogen) atoms. The van der Waals surface area contributed by atoms with Crippen molar-refractivity contribution < 1.29 is 4.74 Å². The van der Waals surface area contributed by atoms with Crippen LogP contribution >= 0.6 is 0 Å². The number of ether oxygens (including phenoxy) is 1. The quantitative estimate of drug-likeness (QED) is 0.645. The summed E-state index contributed by atoms with van der Waals surface area (Å²) in [7, 11) is 1.70. The molecular formula is C13H14O. The molecule has 1 aliphatic rings. The van der Waals surface area contributed by atoms with Crippen LogP contribution in [-0.4, -0.2) is 7.11 Å². The predicted molar refractivity (Wildman–Crippen MR) is 57.5 cm³/mol. The van der Waals surface area contributed by atoms with Crippen LogP contribution in [0.4, 0.5) is 0 Å². The van der Waals surface area contributed by atoms with Crippen LogP contribution in [0.1, 0.15) is 24.0 Å². The Labute approximate surface area is 85.1 Å². The van der Waals surface area contributed by atoms with Gasteiger partial charge >= 0.3 is 0 Å². The smallest absolute Gasteiger partial charge is 0.123 e. The van der Waals surface area contributed by atoms with Crippen LogP contribution in [0.15, 0.2) is 18.2 Å². The van der Waals surface area contributed by atoms with Crippen molar-refractivity contribution in [3.05, 3.63) is 29.3 Å². The molecule has 0 aliphatic heterocycles. The molecule has 0 N–H and O–H groups in total. The Hall–Kier alpha value is -1.42. The monoisotopic (exact) mass is 186 g/mol. The highest BCUT2D eigenvalue weighted by atomic mass is 16.5. The van der Waals surface area contributed by atoms with Gasteiger partial charge in [-0.25, -0.2) is 0 Å². The van der Waals surface area contributed by atoms with Crippen molar-refractivity contribution in [3.63, 3.8) is 0 Å². The van der Waals surface area contributed by atoms with Crippen molar-refractivity contribution in [1.29, 1.82) is 0 Å². The summed E-state index contributed by atoms with van der Waals surface area (Å²) >= 11 is 0. The van der Waals surface area contributed by atoms with E-state index in [4.69, 9.17) is 11.2 Å². The van der Waals surface area contributed by atoms with Gasteiger partial charge in [-0.2, -0.15) is 0 Å². The second-order valence-electron chi connectivity index (χ2n) is 3.88. The van der Waals surface area contributed by atoms with Crippen LogP contribution in [0, 0.1) is 19.3 Å². The van der Waals surface area contributed by atoms with Gasteiger partial charge in [-0.1, -0.05) is 18.1 Å². The van der Waals surface area contributed by atoms with E-state index < -0.39 is 0 Å². The van der Waals surface area contributed by atoms with Gasteiger partial charge in [0, 0.05) is 5.56 Å². The first-order valence-electron chi connectivity index (χ1n) is 4.85. The topological polar surface area (TPSA) is 9.23 Å². The summed E-state index contributed by atoms with van der Waals surface area (Å²) in [5, 5.41) is 0. The zero-order valence-corrected chi connectivity index (χ0v) is 8.63. The Kier molecular flexibility index (Phi) is 2.00. The van der Waals surface area contributed by atoms with Gasteiger partial charge in [-0.05, 0) is 31.4 Å². The predicted octanol–water partition coefficient (Wildman–Crippen LogP) is 2.67. The normalized spacial score (nSPS) is 17.2. The van der Waals surface area contributed by atoms with Gasteiger partial charge in [0.1, 0.15) is 5.75 Å². The van der Waals surface area contributed by atoms with Crippen molar-refractivity contribution >= 4 is 0 Å². The van der Waals surface area contributed by atoms with Crippen LogP contribution < -0.4 is 4.74 Å². The summed E-state index contributed by atoms with van der Waals surface area (Å²) < 4.78 is 5.36. The SMILES string of the molecule is C#CC1(c2c(C)cccc2OC)CC1. The number of methoxy groups -OCH3 is 1. The van der Waals surface area contributed by atoms with E-state index in [2.05, 4.69) is 18.9 Å². The van der Waals surface area contributed by atoms with Crippen molar-refractivity contribution in [2.75, 3.05) is 7.11 Å². The zero-order valence-electron chi connectivity index (χ0n) is 8.63. The molecule has 1 aromatic carbocycles. The molecule has 1 aliphatic carbocycles. The summed E-state index contributed by atoms with van der Waals surface area (Å²) in [4.78, 5) is 0. The third-order valence-electron chi connectivity index (χ3n) is 2.96. The largest absolute Gasteiger partial charge is 0.496 e.